The molecule has 0 bridgehead atoms. The van der Waals surface area contributed by atoms with Crippen LogP contribution in [0.3, 0.4) is 0 Å². The van der Waals surface area contributed by atoms with Gasteiger partial charge in [0.05, 0.1) is 13.2 Å². The van der Waals surface area contributed by atoms with Gasteiger partial charge in [-0.15, -0.1) is 11.3 Å². The van der Waals surface area contributed by atoms with Crippen molar-refractivity contribution in [3.8, 4) is 16.9 Å². The molecule has 1 aliphatic rings. The van der Waals surface area contributed by atoms with E-state index >= 15 is 0 Å². The molecule has 4 rings (SSSR count). The lowest BCUT2D eigenvalue weighted by Gasteiger charge is -2.29. The van der Waals surface area contributed by atoms with Crippen molar-refractivity contribution in [1.82, 2.24) is 10.2 Å². The molecule has 1 aromatic heterocycles. The molecule has 1 amide bonds. The van der Waals surface area contributed by atoms with Gasteiger partial charge in [-0.2, -0.15) is 0 Å². The number of hydrogen-bond acceptors (Lipinski definition) is 5. The number of nitrogens with zero attached hydrogens (tertiary/aromatic N) is 1. The number of carboxylic acid groups (broad SMARTS) is 1. The standard InChI is InChI=1S/C28H32N2O4S/c1-17-5-6-20(19-7-9-30(3)10-8-19)14-25(17)27(31)29-18(2)21-11-22(13-24(12-21)34-4)23-15-26(28(32)33)35-16-23/h5-6,11-16,18-19H,7-10H2,1-4H3,(H,29,31)(H,32,33)/t18-/m1/s1. The largest absolute Gasteiger partial charge is 0.497 e. The van der Waals surface area contributed by atoms with Gasteiger partial charge in [-0.05, 0) is 116 Å². The quantitative estimate of drug-likeness (QED) is 0.440. The number of amides is 1. The summed E-state index contributed by atoms with van der Waals surface area (Å²) in [6, 6.07) is 13.4. The number of methoxy groups -OCH3 is 1. The predicted molar refractivity (Wildman–Crippen MR) is 140 cm³/mol. The summed E-state index contributed by atoms with van der Waals surface area (Å²) < 4.78 is 5.49. The number of aromatic carboxylic acids is 1. The van der Waals surface area contributed by atoms with Crippen LogP contribution in [0.4, 0.5) is 0 Å². The Morgan fingerprint density at radius 2 is 1.86 bits per heavy atom. The third-order valence-electron chi connectivity index (χ3n) is 6.85. The predicted octanol–water partition coefficient (Wildman–Crippen LogP) is 5.73. The van der Waals surface area contributed by atoms with Gasteiger partial charge in [-0.25, -0.2) is 4.79 Å². The van der Waals surface area contributed by atoms with E-state index in [9.17, 15) is 14.7 Å². The van der Waals surface area contributed by atoms with Gasteiger partial charge in [0.15, 0.2) is 0 Å². The van der Waals surface area contributed by atoms with Crippen molar-refractivity contribution in [2.24, 2.45) is 0 Å². The first-order valence-corrected chi connectivity index (χ1v) is 12.7. The maximum absolute atomic E-state index is 13.3. The highest BCUT2D eigenvalue weighted by molar-refractivity contribution is 7.12. The number of likely N-dealkylation sites (tertiary alicyclic amines) is 1. The maximum atomic E-state index is 13.3. The normalized spacial score (nSPS) is 15.5. The van der Waals surface area contributed by atoms with Crippen LogP contribution in [0, 0.1) is 6.92 Å². The minimum absolute atomic E-state index is 0.0992. The number of hydrogen-bond donors (Lipinski definition) is 2. The van der Waals surface area contributed by atoms with E-state index in [1.807, 2.05) is 43.5 Å². The molecule has 35 heavy (non-hydrogen) atoms. The SMILES string of the molecule is COc1cc(-c2csc(C(=O)O)c2)cc([C@@H](C)NC(=O)c2cc(C3CCN(C)CC3)ccc2C)c1. The molecule has 0 saturated carbocycles. The Bertz CT molecular complexity index is 1230. The van der Waals surface area contributed by atoms with Crippen molar-refractivity contribution < 1.29 is 19.4 Å². The summed E-state index contributed by atoms with van der Waals surface area (Å²) in [6.45, 7) is 6.07. The van der Waals surface area contributed by atoms with Crippen molar-refractivity contribution >= 4 is 23.2 Å². The fourth-order valence-corrected chi connectivity index (χ4v) is 5.35. The number of carbonyl (C=O) groups is 2. The Morgan fingerprint density at radius 1 is 1.11 bits per heavy atom. The third kappa shape index (κ3) is 5.74. The van der Waals surface area contributed by atoms with Crippen molar-refractivity contribution in [1.29, 1.82) is 0 Å². The number of ether oxygens (including phenoxy) is 1. The van der Waals surface area contributed by atoms with Crippen LogP contribution in [0.25, 0.3) is 11.1 Å². The van der Waals surface area contributed by atoms with Gasteiger partial charge in [0.1, 0.15) is 10.6 Å². The van der Waals surface area contributed by atoms with E-state index in [1.165, 1.54) is 16.9 Å². The number of rotatable bonds is 7. The fourth-order valence-electron chi connectivity index (χ4n) is 4.59. The highest BCUT2D eigenvalue weighted by Gasteiger charge is 2.21. The van der Waals surface area contributed by atoms with E-state index < -0.39 is 5.97 Å². The number of carboxylic acids is 1. The molecule has 0 spiro atoms. The summed E-state index contributed by atoms with van der Waals surface area (Å²) in [6.07, 6.45) is 2.21. The molecule has 0 radical (unpaired) electrons. The molecule has 0 aliphatic carbocycles. The molecule has 7 heteroatoms. The second-order valence-electron chi connectivity index (χ2n) is 9.35. The smallest absolute Gasteiger partial charge is 0.345 e. The number of aryl methyl sites for hydroxylation is 1. The zero-order chi connectivity index (χ0) is 25.1. The van der Waals surface area contributed by atoms with Crippen LogP contribution in [0.2, 0.25) is 0 Å². The third-order valence-corrected chi connectivity index (χ3v) is 7.77. The molecular formula is C28H32N2O4S. The lowest BCUT2D eigenvalue weighted by molar-refractivity contribution is 0.0702. The highest BCUT2D eigenvalue weighted by Crippen LogP contribution is 2.32. The Hall–Kier alpha value is -3.16. The van der Waals surface area contributed by atoms with Gasteiger partial charge in [0.2, 0.25) is 0 Å². The topological polar surface area (TPSA) is 78.9 Å². The zero-order valence-corrected chi connectivity index (χ0v) is 21.4. The van der Waals surface area contributed by atoms with Gasteiger partial charge in [0, 0.05) is 5.56 Å². The lowest BCUT2D eigenvalue weighted by Crippen LogP contribution is -2.30. The van der Waals surface area contributed by atoms with E-state index in [4.69, 9.17) is 4.74 Å². The summed E-state index contributed by atoms with van der Waals surface area (Å²) in [5, 5.41) is 14.2. The van der Waals surface area contributed by atoms with E-state index in [-0.39, 0.29) is 16.8 Å². The van der Waals surface area contributed by atoms with Crippen LogP contribution >= 0.6 is 11.3 Å². The molecule has 0 unspecified atom stereocenters. The summed E-state index contributed by atoms with van der Waals surface area (Å²) >= 11 is 1.19. The number of thiophene rings is 1. The maximum Gasteiger partial charge on any atom is 0.345 e. The molecule has 1 saturated heterocycles. The molecule has 6 nitrogen and oxygen atoms in total. The van der Waals surface area contributed by atoms with Crippen LogP contribution in [0.15, 0.2) is 47.8 Å². The Kier molecular flexibility index (Phi) is 7.57. The first-order valence-electron chi connectivity index (χ1n) is 11.9. The number of benzene rings is 2. The molecule has 2 heterocycles. The van der Waals surface area contributed by atoms with Crippen molar-refractivity contribution in [2.45, 2.75) is 38.6 Å². The molecule has 1 fully saturated rings. The van der Waals surface area contributed by atoms with Gasteiger partial charge >= 0.3 is 5.97 Å². The Balaban J connectivity index is 1.55. The van der Waals surface area contributed by atoms with Gasteiger partial charge in [0.25, 0.3) is 5.91 Å². The summed E-state index contributed by atoms with van der Waals surface area (Å²) in [5.74, 6) is 0.0980. The molecular weight excluding hydrogens is 460 g/mol. The molecule has 2 aromatic carbocycles. The molecule has 2 N–H and O–H groups in total. The molecule has 1 aliphatic heterocycles. The summed E-state index contributed by atoms with van der Waals surface area (Å²) in [7, 11) is 3.75. The van der Waals surface area contributed by atoms with Crippen LogP contribution in [0.5, 0.6) is 5.75 Å². The lowest BCUT2D eigenvalue weighted by atomic mass is 9.87. The Morgan fingerprint density at radius 3 is 2.51 bits per heavy atom. The van der Waals surface area contributed by atoms with Crippen molar-refractivity contribution in [3.63, 3.8) is 0 Å². The fraction of sp³-hybridized carbons (Fsp3) is 0.357. The monoisotopic (exact) mass is 492 g/mol. The number of carbonyl (C=O) groups excluding carboxylic acids is 1. The Labute approximate surface area is 210 Å². The van der Waals surface area contributed by atoms with Crippen LogP contribution in [-0.4, -0.2) is 49.1 Å². The highest BCUT2D eigenvalue weighted by atomic mass is 32.1. The molecule has 3 aromatic rings. The summed E-state index contributed by atoms with van der Waals surface area (Å²) in [4.78, 5) is 27.2. The van der Waals surface area contributed by atoms with Crippen LogP contribution in [-0.2, 0) is 0 Å². The van der Waals surface area contributed by atoms with Gasteiger partial charge in [-0.1, -0.05) is 12.1 Å². The van der Waals surface area contributed by atoms with Crippen LogP contribution in [0.1, 0.15) is 68.4 Å². The van der Waals surface area contributed by atoms with Crippen molar-refractivity contribution in [2.75, 3.05) is 27.2 Å². The first kappa shape index (κ1) is 24.9. The summed E-state index contributed by atoms with van der Waals surface area (Å²) in [5.41, 5.74) is 5.45. The number of nitrogens with one attached hydrogen (secondary N) is 1. The molecule has 184 valence electrons. The van der Waals surface area contributed by atoms with Gasteiger partial charge < -0.3 is 20.1 Å². The average Bonchev–Trinajstić information content (AvgIpc) is 3.35. The van der Waals surface area contributed by atoms with Crippen molar-refractivity contribution in [3.05, 3.63) is 75.0 Å². The van der Waals surface area contributed by atoms with E-state index in [0.717, 1.165) is 48.2 Å². The van der Waals surface area contributed by atoms with Crippen LogP contribution < -0.4 is 10.1 Å². The molecule has 1 atom stereocenters. The minimum atomic E-state index is -0.942. The van der Waals surface area contributed by atoms with Gasteiger partial charge in [-0.3, -0.25) is 4.79 Å². The van der Waals surface area contributed by atoms with E-state index in [0.29, 0.717) is 17.2 Å². The number of piperidine rings is 1. The second kappa shape index (κ2) is 10.6. The van der Waals surface area contributed by atoms with E-state index in [1.54, 1.807) is 13.2 Å². The first-order chi connectivity index (χ1) is 16.7. The van der Waals surface area contributed by atoms with E-state index in [2.05, 4.69) is 29.4 Å². The average molecular weight is 493 g/mol. The zero-order valence-electron chi connectivity index (χ0n) is 20.6. The second-order valence-corrected chi connectivity index (χ2v) is 10.3. The minimum Gasteiger partial charge on any atom is -0.497 e.